The zero-order chi connectivity index (χ0) is 12.5. The molecule has 94 valence electrons. The Hall–Kier alpha value is -1.50. The molecule has 17 heavy (non-hydrogen) atoms. The van der Waals surface area contributed by atoms with Gasteiger partial charge < -0.3 is 10.6 Å². The molecule has 1 aliphatic heterocycles. The van der Waals surface area contributed by atoms with Gasteiger partial charge >= 0.3 is 0 Å². The van der Waals surface area contributed by atoms with Crippen molar-refractivity contribution in [3.05, 3.63) is 6.33 Å². The SMILES string of the molecule is CC1(C)CN(C(=O)Cn2cnnn2)CCC1N. The first kappa shape index (κ1) is 12.0. The highest BCUT2D eigenvalue weighted by atomic mass is 16.2. The van der Waals surface area contributed by atoms with E-state index in [4.69, 9.17) is 5.73 Å². The Balaban J connectivity index is 1.97. The largest absolute Gasteiger partial charge is 0.340 e. The summed E-state index contributed by atoms with van der Waals surface area (Å²) in [6.45, 7) is 5.78. The predicted octanol–water partition coefficient (Wildman–Crippen LogP) is -0.741. The Labute approximate surface area is 100.0 Å². The molecule has 0 spiro atoms. The Morgan fingerprint density at radius 2 is 2.35 bits per heavy atom. The second kappa shape index (κ2) is 4.40. The van der Waals surface area contributed by atoms with E-state index in [0.29, 0.717) is 13.1 Å². The maximum Gasteiger partial charge on any atom is 0.244 e. The molecule has 0 bridgehead atoms. The molecule has 1 aliphatic rings. The summed E-state index contributed by atoms with van der Waals surface area (Å²) in [5, 5.41) is 10.7. The van der Waals surface area contributed by atoms with Gasteiger partial charge in [-0.05, 0) is 22.3 Å². The third-order valence-corrected chi connectivity index (χ3v) is 3.35. The standard InChI is InChI=1S/C10H18N6O/c1-10(2)6-15(4-3-8(10)11)9(17)5-16-7-12-13-14-16/h7-8H,3-6,11H2,1-2H3. The fraction of sp³-hybridized carbons (Fsp3) is 0.800. The van der Waals surface area contributed by atoms with Crippen LogP contribution in [-0.4, -0.2) is 50.1 Å². The van der Waals surface area contributed by atoms with Crippen LogP contribution in [0.25, 0.3) is 0 Å². The molecule has 1 atom stereocenters. The van der Waals surface area contributed by atoms with Gasteiger partial charge in [-0.25, -0.2) is 4.68 Å². The van der Waals surface area contributed by atoms with Gasteiger partial charge in [0.1, 0.15) is 12.9 Å². The lowest BCUT2D eigenvalue weighted by atomic mass is 9.80. The van der Waals surface area contributed by atoms with Gasteiger partial charge in [0.15, 0.2) is 0 Å². The zero-order valence-electron chi connectivity index (χ0n) is 10.2. The number of tetrazole rings is 1. The maximum absolute atomic E-state index is 12.0. The van der Waals surface area contributed by atoms with Crippen LogP contribution in [0.4, 0.5) is 0 Å². The number of likely N-dealkylation sites (tertiary alicyclic amines) is 1. The number of hydrogen-bond donors (Lipinski definition) is 1. The zero-order valence-corrected chi connectivity index (χ0v) is 10.2. The van der Waals surface area contributed by atoms with Crippen LogP contribution in [0.3, 0.4) is 0 Å². The molecule has 1 aromatic heterocycles. The molecule has 7 heteroatoms. The van der Waals surface area contributed by atoms with Crippen LogP contribution >= 0.6 is 0 Å². The van der Waals surface area contributed by atoms with E-state index in [1.165, 1.54) is 11.0 Å². The van der Waals surface area contributed by atoms with E-state index < -0.39 is 0 Å². The minimum Gasteiger partial charge on any atom is -0.340 e. The number of nitrogens with zero attached hydrogens (tertiary/aromatic N) is 5. The molecule has 0 aliphatic carbocycles. The highest BCUT2D eigenvalue weighted by Crippen LogP contribution is 2.27. The van der Waals surface area contributed by atoms with E-state index in [-0.39, 0.29) is 23.9 Å². The normalized spacial score (nSPS) is 23.7. The quantitative estimate of drug-likeness (QED) is 0.733. The molecule has 1 saturated heterocycles. The van der Waals surface area contributed by atoms with Crippen molar-refractivity contribution in [1.82, 2.24) is 25.1 Å². The number of carbonyl (C=O) groups is 1. The van der Waals surface area contributed by atoms with Crippen molar-refractivity contribution >= 4 is 5.91 Å². The van der Waals surface area contributed by atoms with E-state index in [1.54, 1.807) is 0 Å². The van der Waals surface area contributed by atoms with Crippen LogP contribution in [-0.2, 0) is 11.3 Å². The molecule has 1 fully saturated rings. The summed E-state index contributed by atoms with van der Waals surface area (Å²) in [5.41, 5.74) is 6.00. The van der Waals surface area contributed by atoms with Crippen molar-refractivity contribution in [2.75, 3.05) is 13.1 Å². The number of amides is 1. The Bertz CT molecular complexity index is 388. The van der Waals surface area contributed by atoms with E-state index in [0.717, 1.165) is 6.42 Å². The summed E-state index contributed by atoms with van der Waals surface area (Å²) in [6.07, 6.45) is 2.28. The second-order valence-corrected chi connectivity index (χ2v) is 5.21. The monoisotopic (exact) mass is 238 g/mol. The van der Waals surface area contributed by atoms with Crippen LogP contribution in [0.15, 0.2) is 6.33 Å². The smallest absolute Gasteiger partial charge is 0.244 e. The third kappa shape index (κ3) is 2.60. The fourth-order valence-electron chi connectivity index (χ4n) is 2.08. The van der Waals surface area contributed by atoms with Crippen molar-refractivity contribution in [3.8, 4) is 0 Å². The Morgan fingerprint density at radius 3 is 2.94 bits per heavy atom. The lowest BCUT2D eigenvalue weighted by Crippen LogP contribution is -2.54. The molecule has 2 heterocycles. The lowest BCUT2D eigenvalue weighted by molar-refractivity contribution is -0.135. The minimum absolute atomic E-state index is 0.0332. The van der Waals surface area contributed by atoms with Gasteiger partial charge in [-0.2, -0.15) is 0 Å². The minimum atomic E-state index is -0.0332. The second-order valence-electron chi connectivity index (χ2n) is 5.21. The number of nitrogens with two attached hydrogens (primary N) is 1. The summed E-state index contributed by atoms with van der Waals surface area (Å²) >= 11 is 0. The highest BCUT2D eigenvalue weighted by Gasteiger charge is 2.35. The summed E-state index contributed by atoms with van der Waals surface area (Å²) in [5.74, 6) is 0.0391. The molecule has 2 rings (SSSR count). The van der Waals surface area contributed by atoms with E-state index in [2.05, 4.69) is 29.4 Å². The van der Waals surface area contributed by atoms with Gasteiger partial charge in [0.05, 0.1) is 0 Å². The van der Waals surface area contributed by atoms with Crippen LogP contribution in [0.2, 0.25) is 0 Å². The molecular formula is C10H18N6O. The van der Waals surface area contributed by atoms with Crippen molar-refractivity contribution in [3.63, 3.8) is 0 Å². The maximum atomic E-state index is 12.0. The summed E-state index contributed by atoms with van der Waals surface area (Å²) in [7, 11) is 0. The van der Waals surface area contributed by atoms with Gasteiger partial charge in [0, 0.05) is 19.1 Å². The highest BCUT2D eigenvalue weighted by molar-refractivity contribution is 5.76. The number of aromatic nitrogens is 4. The molecule has 2 N–H and O–H groups in total. The average Bonchev–Trinajstić information content (AvgIpc) is 2.74. The lowest BCUT2D eigenvalue weighted by Gasteiger charge is -2.42. The molecule has 0 saturated carbocycles. The van der Waals surface area contributed by atoms with Gasteiger partial charge in [0.25, 0.3) is 0 Å². The average molecular weight is 238 g/mol. The molecule has 0 radical (unpaired) electrons. The van der Waals surface area contributed by atoms with Gasteiger partial charge in [0.2, 0.25) is 5.91 Å². The summed E-state index contributed by atoms with van der Waals surface area (Å²) in [4.78, 5) is 13.9. The van der Waals surface area contributed by atoms with Crippen molar-refractivity contribution in [1.29, 1.82) is 0 Å². The first-order valence-electron chi connectivity index (χ1n) is 5.73. The molecule has 1 unspecified atom stereocenters. The summed E-state index contributed by atoms with van der Waals surface area (Å²) in [6, 6.07) is 0.152. The van der Waals surface area contributed by atoms with E-state index in [9.17, 15) is 4.79 Å². The number of carbonyl (C=O) groups excluding carboxylic acids is 1. The predicted molar refractivity (Wildman–Crippen MR) is 60.8 cm³/mol. The van der Waals surface area contributed by atoms with Gasteiger partial charge in [-0.3, -0.25) is 4.79 Å². The number of rotatable bonds is 2. The third-order valence-electron chi connectivity index (χ3n) is 3.35. The van der Waals surface area contributed by atoms with E-state index in [1.807, 2.05) is 4.90 Å². The number of piperidine rings is 1. The van der Waals surface area contributed by atoms with Gasteiger partial charge in [-0.15, -0.1) is 5.10 Å². The molecule has 1 aromatic rings. The molecular weight excluding hydrogens is 220 g/mol. The van der Waals surface area contributed by atoms with Crippen molar-refractivity contribution < 1.29 is 4.79 Å². The van der Waals surface area contributed by atoms with E-state index >= 15 is 0 Å². The first-order chi connectivity index (χ1) is 7.99. The molecule has 7 nitrogen and oxygen atoms in total. The van der Waals surface area contributed by atoms with Crippen LogP contribution in [0, 0.1) is 5.41 Å². The topological polar surface area (TPSA) is 89.9 Å². The van der Waals surface area contributed by atoms with Crippen molar-refractivity contribution in [2.24, 2.45) is 11.1 Å². The van der Waals surface area contributed by atoms with Crippen molar-refractivity contribution in [2.45, 2.75) is 32.9 Å². The fourth-order valence-corrected chi connectivity index (χ4v) is 2.08. The van der Waals surface area contributed by atoms with Crippen LogP contribution < -0.4 is 5.73 Å². The Morgan fingerprint density at radius 1 is 1.59 bits per heavy atom. The number of hydrogen-bond acceptors (Lipinski definition) is 5. The molecule has 1 amide bonds. The van der Waals surface area contributed by atoms with Gasteiger partial charge in [-0.1, -0.05) is 13.8 Å². The Kier molecular flexibility index (Phi) is 3.10. The molecule has 0 aromatic carbocycles. The van der Waals surface area contributed by atoms with Crippen LogP contribution in [0.5, 0.6) is 0 Å². The summed E-state index contributed by atoms with van der Waals surface area (Å²) < 4.78 is 1.43. The first-order valence-corrected chi connectivity index (χ1v) is 5.73. The van der Waals surface area contributed by atoms with Crippen LogP contribution in [0.1, 0.15) is 20.3 Å².